The molecule has 1 atom stereocenters. The van der Waals surface area contributed by atoms with Crippen LogP contribution in [0.2, 0.25) is 0 Å². The first-order chi connectivity index (χ1) is 10.2. The van der Waals surface area contributed by atoms with Crippen LogP contribution in [0, 0.1) is 5.92 Å². The van der Waals surface area contributed by atoms with Gasteiger partial charge in [0.15, 0.2) is 0 Å². The second-order valence-electron chi connectivity index (χ2n) is 7.02. The van der Waals surface area contributed by atoms with E-state index in [4.69, 9.17) is 4.74 Å². The van der Waals surface area contributed by atoms with Gasteiger partial charge in [-0.05, 0) is 57.3 Å². The smallest absolute Gasteiger partial charge is 0.313 e. The highest BCUT2D eigenvalue weighted by atomic mass is 16.6. The van der Waals surface area contributed by atoms with Gasteiger partial charge < -0.3 is 4.74 Å². The number of rotatable bonds is 4. The Labute approximate surface area is 127 Å². The molecule has 1 saturated carbocycles. The van der Waals surface area contributed by atoms with Crippen LogP contribution in [0.4, 0.5) is 0 Å². The summed E-state index contributed by atoms with van der Waals surface area (Å²) in [6, 6.07) is 0. The van der Waals surface area contributed by atoms with Crippen LogP contribution in [-0.4, -0.2) is 17.4 Å². The van der Waals surface area contributed by atoms with Gasteiger partial charge in [0, 0.05) is 6.42 Å². The number of hydrogen-bond acceptors (Lipinski definition) is 3. The first-order valence-electron chi connectivity index (χ1n) is 8.59. The fourth-order valence-electron chi connectivity index (χ4n) is 4.38. The summed E-state index contributed by atoms with van der Waals surface area (Å²) in [5.41, 5.74) is 1.02. The van der Waals surface area contributed by atoms with Gasteiger partial charge in [-0.15, -0.1) is 0 Å². The van der Waals surface area contributed by atoms with Gasteiger partial charge in [-0.3, -0.25) is 9.59 Å². The van der Waals surface area contributed by atoms with E-state index in [0.717, 1.165) is 25.7 Å². The average molecular weight is 290 g/mol. The normalized spacial score (nSPS) is 31.1. The highest BCUT2D eigenvalue weighted by Gasteiger charge is 2.47. The monoisotopic (exact) mass is 290 g/mol. The number of cyclic esters (lactones) is 1. The van der Waals surface area contributed by atoms with Crippen LogP contribution in [0.1, 0.15) is 77.0 Å². The zero-order chi connectivity index (χ0) is 14.7. The highest BCUT2D eigenvalue weighted by molar-refractivity contribution is 5.98. The average Bonchev–Trinajstić information content (AvgIpc) is 3.00. The molecule has 3 aliphatic rings. The van der Waals surface area contributed by atoms with Crippen molar-refractivity contribution < 1.29 is 14.3 Å². The van der Waals surface area contributed by atoms with Crippen molar-refractivity contribution in [3.05, 3.63) is 11.6 Å². The molecule has 0 bridgehead atoms. The number of carbonyl (C=O) groups excluding carboxylic acids is 2. The summed E-state index contributed by atoms with van der Waals surface area (Å²) in [6.45, 7) is 0. The van der Waals surface area contributed by atoms with Gasteiger partial charge in [-0.25, -0.2) is 0 Å². The van der Waals surface area contributed by atoms with Gasteiger partial charge in [0.25, 0.3) is 0 Å². The zero-order valence-corrected chi connectivity index (χ0v) is 12.9. The van der Waals surface area contributed by atoms with Crippen LogP contribution in [-0.2, 0) is 14.3 Å². The molecule has 0 spiro atoms. The summed E-state index contributed by atoms with van der Waals surface area (Å²) in [6.07, 6.45) is 14.2. The molecule has 116 valence electrons. The molecule has 0 amide bonds. The second kappa shape index (κ2) is 6.33. The standard InChI is InChI=1S/C18H26O3/c19-16-12-17(20)21-18(13-16,15-8-4-5-9-15)11-10-14-6-2-1-3-7-14/h6,15H,1-5,7-13H2. The SMILES string of the molecule is O=C1CC(=O)OC(CCC2=CCCCC2)(C2CCCC2)C1. The number of esters is 1. The largest absolute Gasteiger partial charge is 0.458 e. The van der Waals surface area contributed by atoms with Crippen molar-refractivity contribution in [2.45, 2.75) is 82.7 Å². The Balaban J connectivity index is 1.73. The van der Waals surface area contributed by atoms with Crippen LogP contribution in [0.3, 0.4) is 0 Å². The van der Waals surface area contributed by atoms with Crippen molar-refractivity contribution in [2.24, 2.45) is 5.92 Å². The quantitative estimate of drug-likeness (QED) is 0.445. The summed E-state index contributed by atoms with van der Waals surface area (Å²) in [5, 5.41) is 0. The maximum atomic E-state index is 12.0. The zero-order valence-electron chi connectivity index (χ0n) is 12.9. The van der Waals surface area contributed by atoms with E-state index in [-0.39, 0.29) is 18.2 Å². The predicted molar refractivity (Wildman–Crippen MR) is 80.8 cm³/mol. The molecule has 0 aromatic rings. The number of allylic oxidation sites excluding steroid dienone is 2. The van der Waals surface area contributed by atoms with E-state index in [9.17, 15) is 9.59 Å². The van der Waals surface area contributed by atoms with Crippen LogP contribution in [0.15, 0.2) is 11.6 Å². The Morgan fingerprint density at radius 2 is 1.95 bits per heavy atom. The Kier molecular flexibility index (Phi) is 4.46. The lowest BCUT2D eigenvalue weighted by Gasteiger charge is -2.41. The lowest BCUT2D eigenvalue weighted by atomic mass is 9.75. The van der Waals surface area contributed by atoms with E-state index in [2.05, 4.69) is 6.08 Å². The number of ether oxygens (including phenoxy) is 1. The third kappa shape index (κ3) is 3.38. The van der Waals surface area contributed by atoms with E-state index in [0.29, 0.717) is 12.3 Å². The van der Waals surface area contributed by atoms with Crippen molar-refractivity contribution in [3.8, 4) is 0 Å². The van der Waals surface area contributed by atoms with Gasteiger partial charge in [0.1, 0.15) is 17.8 Å². The van der Waals surface area contributed by atoms with Gasteiger partial charge in [-0.1, -0.05) is 24.5 Å². The minimum Gasteiger partial charge on any atom is -0.458 e. The summed E-state index contributed by atoms with van der Waals surface area (Å²) in [7, 11) is 0. The molecule has 1 unspecified atom stereocenters. The Hall–Kier alpha value is -1.12. The Morgan fingerprint density at radius 3 is 2.62 bits per heavy atom. The molecule has 2 fully saturated rings. The molecule has 3 heteroatoms. The Morgan fingerprint density at radius 1 is 1.14 bits per heavy atom. The van der Waals surface area contributed by atoms with Crippen molar-refractivity contribution in [2.75, 3.05) is 0 Å². The molecule has 1 heterocycles. The van der Waals surface area contributed by atoms with E-state index in [1.54, 1.807) is 0 Å². The van der Waals surface area contributed by atoms with Gasteiger partial charge in [-0.2, -0.15) is 0 Å². The van der Waals surface area contributed by atoms with Crippen LogP contribution in [0.25, 0.3) is 0 Å². The lowest BCUT2D eigenvalue weighted by molar-refractivity contribution is -0.178. The lowest BCUT2D eigenvalue weighted by Crippen LogP contribution is -2.47. The van der Waals surface area contributed by atoms with E-state index < -0.39 is 5.60 Å². The molecule has 3 rings (SSSR count). The number of Topliss-reactive ketones (excluding diaryl/α,β-unsaturated/α-hetero) is 1. The number of carbonyl (C=O) groups is 2. The summed E-state index contributed by atoms with van der Waals surface area (Å²) in [4.78, 5) is 23.8. The van der Waals surface area contributed by atoms with Crippen molar-refractivity contribution in [3.63, 3.8) is 0 Å². The molecular formula is C18H26O3. The van der Waals surface area contributed by atoms with Crippen molar-refractivity contribution >= 4 is 11.8 Å². The number of hydrogen-bond donors (Lipinski definition) is 0. The molecule has 1 aliphatic heterocycles. The van der Waals surface area contributed by atoms with Crippen molar-refractivity contribution in [1.29, 1.82) is 0 Å². The van der Waals surface area contributed by atoms with Crippen LogP contribution < -0.4 is 0 Å². The maximum absolute atomic E-state index is 12.0. The minimum absolute atomic E-state index is 0.0167. The molecule has 0 aromatic heterocycles. The van der Waals surface area contributed by atoms with Crippen LogP contribution >= 0.6 is 0 Å². The van der Waals surface area contributed by atoms with E-state index >= 15 is 0 Å². The fraction of sp³-hybridized carbons (Fsp3) is 0.778. The highest BCUT2D eigenvalue weighted by Crippen LogP contribution is 2.44. The third-order valence-electron chi connectivity index (χ3n) is 5.51. The van der Waals surface area contributed by atoms with Gasteiger partial charge >= 0.3 is 5.97 Å². The van der Waals surface area contributed by atoms with E-state index in [1.807, 2.05) is 0 Å². The topological polar surface area (TPSA) is 43.4 Å². The molecular weight excluding hydrogens is 264 g/mol. The fourth-order valence-corrected chi connectivity index (χ4v) is 4.38. The van der Waals surface area contributed by atoms with Gasteiger partial charge in [0.2, 0.25) is 0 Å². The second-order valence-corrected chi connectivity index (χ2v) is 7.02. The molecule has 3 nitrogen and oxygen atoms in total. The van der Waals surface area contributed by atoms with E-state index in [1.165, 1.54) is 44.1 Å². The summed E-state index contributed by atoms with van der Waals surface area (Å²) >= 11 is 0. The van der Waals surface area contributed by atoms with Crippen molar-refractivity contribution in [1.82, 2.24) is 0 Å². The molecule has 2 aliphatic carbocycles. The third-order valence-corrected chi connectivity index (χ3v) is 5.51. The first kappa shape index (κ1) is 14.8. The minimum atomic E-state index is -0.485. The molecule has 0 aromatic carbocycles. The van der Waals surface area contributed by atoms with Crippen LogP contribution in [0.5, 0.6) is 0 Å². The maximum Gasteiger partial charge on any atom is 0.313 e. The molecule has 0 radical (unpaired) electrons. The van der Waals surface area contributed by atoms with Gasteiger partial charge in [0.05, 0.1) is 0 Å². The molecule has 0 N–H and O–H groups in total. The molecule has 1 saturated heterocycles. The summed E-state index contributed by atoms with van der Waals surface area (Å²) in [5.74, 6) is 0.182. The predicted octanol–water partition coefficient (Wildman–Crippen LogP) is 4.10. The summed E-state index contributed by atoms with van der Waals surface area (Å²) < 4.78 is 5.83. The number of ketones is 1. The first-order valence-corrected chi connectivity index (χ1v) is 8.59. The molecule has 21 heavy (non-hydrogen) atoms. The Bertz CT molecular complexity index is 427.